The highest BCUT2D eigenvalue weighted by Gasteiger charge is 2.61. The predicted molar refractivity (Wildman–Crippen MR) is 68.2 cm³/mol. The van der Waals surface area contributed by atoms with Gasteiger partial charge in [0.1, 0.15) is 12.2 Å². The molecule has 1 aromatic rings. The Bertz CT molecular complexity index is 449. The molecule has 118 valence electrons. The summed E-state index contributed by atoms with van der Waals surface area (Å²) in [6, 6.07) is 8.11. The standard InChI is InChI=1S/C14H16F4O3/c1-2-13(15,14(16,17)18)12(11(20)8-19)21-9-10-6-4-3-5-7-10/h2-7,11-12,19-20H,1,8-9H2/t11-,12-,13+/m1/s1. The lowest BCUT2D eigenvalue weighted by Gasteiger charge is -2.35. The number of hydrogen-bond donors (Lipinski definition) is 2. The number of aliphatic hydroxyl groups excluding tert-OH is 2. The quantitative estimate of drug-likeness (QED) is 0.601. The number of hydrogen-bond acceptors (Lipinski definition) is 3. The molecule has 3 nitrogen and oxygen atoms in total. The van der Waals surface area contributed by atoms with Crippen molar-refractivity contribution in [1.82, 2.24) is 0 Å². The summed E-state index contributed by atoms with van der Waals surface area (Å²) in [5, 5.41) is 18.3. The molecule has 0 aromatic heterocycles. The second kappa shape index (κ2) is 7.02. The van der Waals surface area contributed by atoms with Crippen molar-refractivity contribution < 1.29 is 32.5 Å². The van der Waals surface area contributed by atoms with Gasteiger partial charge in [0.15, 0.2) is 0 Å². The molecule has 0 aliphatic rings. The van der Waals surface area contributed by atoms with E-state index in [1.54, 1.807) is 30.3 Å². The van der Waals surface area contributed by atoms with Gasteiger partial charge in [-0.1, -0.05) is 36.9 Å². The van der Waals surface area contributed by atoms with Gasteiger partial charge in [-0.3, -0.25) is 0 Å². The Morgan fingerprint density at radius 2 is 1.76 bits per heavy atom. The van der Waals surface area contributed by atoms with Crippen LogP contribution < -0.4 is 0 Å². The van der Waals surface area contributed by atoms with E-state index >= 15 is 0 Å². The average Bonchev–Trinajstić information content (AvgIpc) is 2.46. The highest BCUT2D eigenvalue weighted by molar-refractivity contribution is 5.14. The summed E-state index contributed by atoms with van der Waals surface area (Å²) in [5.41, 5.74) is -3.47. The third-order valence-electron chi connectivity index (χ3n) is 2.95. The largest absolute Gasteiger partial charge is 0.428 e. The van der Waals surface area contributed by atoms with E-state index in [0.717, 1.165) is 0 Å². The highest BCUT2D eigenvalue weighted by atomic mass is 19.4. The first-order chi connectivity index (χ1) is 9.76. The maximum Gasteiger partial charge on any atom is 0.428 e. The molecular weight excluding hydrogens is 292 g/mol. The SMILES string of the molecule is C=C[C@](F)([C@H](OCc1ccccc1)[C@H](O)CO)C(F)(F)F. The molecule has 0 aliphatic heterocycles. The van der Waals surface area contributed by atoms with Gasteiger partial charge in [0.05, 0.1) is 13.2 Å². The molecule has 0 spiro atoms. The number of ether oxygens (including phenoxy) is 1. The lowest BCUT2D eigenvalue weighted by Crippen LogP contribution is -2.56. The first kappa shape index (κ1) is 17.6. The van der Waals surface area contributed by atoms with Crippen LogP contribution in [0.3, 0.4) is 0 Å². The van der Waals surface area contributed by atoms with Gasteiger partial charge < -0.3 is 14.9 Å². The summed E-state index contributed by atoms with van der Waals surface area (Å²) in [7, 11) is 0. The van der Waals surface area contributed by atoms with Gasteiger partial charge >= 0.3 is 6.18 Å². The van der Waals surface area contributed by atoms with Crippen LogP contribution in [0.25, 0.3) is 0 Å². The van der Waals surface area contributed by atoms with Crippen molar-refractivity contribution in [1.29, 1.82) is 0 Å². The molecule has 1 rings (SSSR count). The zero-order chi connectivity index (χ0) is 16.1. The molecule has 0 radical (unpaired) electrons. The fraction of sp³-hybridized carbons (Fsp3) is 0.429. The molecule has 1 aromatic carbocycles. The van der Waals surface area contributed by atoms with Gasteiger partial charge in [0, 0.05) is 0 Å². The molecule has 0 heterocycles. The average molecular weight is 308 g/mol. The molecule has 7 heteroatoms. The van der Waals surface area contributed by atoms with Crippen LogP contribution in [0.15, 0.2) is 43.0 Å². The molecule has 0 aliphatic carbocycles. The fourth-order valence-electron chi connectivity index (χ4n) is 1.76. The van der Waals surface area contributed by atoms with Crippen molar-refractivity contribution in [2.75, 3.05) is 6.61 Å². The topological polar surface area (TPSA) is 49.7 Å². The van der Waals surface area contributed by atoms with Crippen LogP contribution in [-0.4, -0.2) is 40.9 Å². The van der Waals surface area contributed by atoms with Crippen LogP contribution in [0.4, 0.5) is 17.6 Å². The maximum absolute atomic E-state index is 14.2. The van der Waals surface area contributed by atoms with Gasteiger partial charge in [-0.25, -0.2) is 4.39 Å². The first-order valence-corrected chi connectivity index (χ1v) is 6.10. The monoisotopic (exact) mass is 308 g/mol. The van der Waals surface area contributed by atoms with E-state index < -0.39 is 30.7 Å². The summed E-state index contributed by atoms with van der Waals surface area (Å²) in [5.74, 6) is 0. The van der Waals surface area contributed by atoms with E-state index in [9.17, 15) is 22.7 Å². The highest BCUT2D eigenvalue weighted by Crippen LogP contribution is 2.40. The van der Waals surface area contributed by atoms with E-state index in [-0.39, 0.29) is 12.7 Å². The summed E-state index contributed by atoms with van der Waals surface area (Å²) in [4.78, 5) is 0. The summed E-state index contributed by atoms with van der Waals surface area (Å²) in [6.07, 6.45) is -9.66. The van der Waals surface area contributed by atoms with Gasteiger partial charge in [-0.2, -0.15) is 13.2 Å². The zero-order valence-electron chi connectivity index (χ0n) is 11.1. The Morgan fingerprint density at radius 1 is 1.19 bits per heavy atom. The van der Waals surface area contributed by atoms with Crippen LogP contribution in [0.2, 0.25) is 0 Å². The van der Waals surface area contributed by atoms with Crippen LogP contribution in [0.1, 0.15) is 5.56 Å². The van der Waals surface area contributed by atoms with Gasteiger partial charge in [0.25, 0.3) is 5.67 Å². The maximum atomic E-state index is 14.2. The van der Waals surface area contributed by atoms with E-state index in [2.05, 4.69) is 6.58 Å². The van der Waals surface area contributed by atoms with E-state index in [0.29, 0.717) is 5.56 Å². The van der Waals surface area contributed by atoms with Gasteiger partial charge in [-0.05, 0) is 11.6 Å². The minimum Gasteiger partial charge on any atom is -0.394 e. The van der Waals surface area contributed by atoms with Crippen molar-refractivity contribution in [2.45, 2.75) is 30.7 Å². The van der Waals surface area contributed by atoms with Gasteiger partial charge in [0.2, 0.25) is 0 Å². The number of rotatable bonds is 7. The van der Waals surface area contributed by atoms with Gasteiger partial charge in [-0.15, -0.1) is 0 Å². The second-order valence-corrected chi connectivity index (χ2v) is 4.44. The predicted octanol–water partition coefficient (Wildman–Crippen LogP) is 2.38. The summed E-state index contributed by atoms with van der Waals surface area (Å²) < 4.78 is 57.7. The van der Waals surface area contributed by atoms with Crippen molar-refractivity contribution in [2.24, 2.45) is 0 Å². The summed E-state index contributed by atoms with van der Waals surface area (Å²) in [6.45, 7) is 1.40. The second-order valence-electron chi connectivity index (χ2n) is 4.44. The van der Waals surface area contributed by atoms with Crippen molar-refractivity contribution >= 4 is 0 Å². The third kappa shape index (κ3) is 4.03. The van der Waals surface area contributed by atoms with Crippen molar-refractivity contribution in [3.8, 4) is 0 Å². The van der Waals surface area contributed by atoms with E-state index in [1.165, 1.54) is 0 Å². The lowest BCUT2D eigenvalue weighted by molar-refractivity contribution is -0.264. The zero-order valence-corrected chi connectivity index (χ0v) is 11.1. The summed E-state index contributed by atoms with van der Waals surface area (Å²) >= 11 is 0. The Hall–Kier alpha value is -1.44. The van der Waals surface area contributed by atoms with Crippen LogP contribution in [-0.2, 0) is 11.3 Å². The number of halogens is 4. The minimum atomic E-state index is -5.33. The molecular formula is C14H16F4O3. The number of aliphatic hydroxyl groups is 2. The molecule has 2 N–H and O–H groups in total. The molecule has 21 heavy (non-hydrogen) atoms. The minimum absolute atomic E-state index is 0.0293. The van der Waals surface area contributed by atoms with Crippen LogP contribution in [0, 0.1) is 0 Å². The lowest BCUT2D eigenvalue weighted by atomic mass is 9.93. The fourth-order valence-corrected chi connectivity index (χ4v) is 1.76. The van der Waals surface area contributed by atoms with Crippen LogP contribution in [0.5, 0.6) is 0 Å². The van der Waals surface area contributed by atoms with Crippen LogP contribution >= 0.6 is 0 Å². The van der Waals surface area contributed by atoms with E-state index in [1.807, 2.05) is 0 Å². The number of benzene rings is 1. The Balaban J connectivity index is 2.97. The first-order valence-electron chi connectivity index (χ1n) is 6.10. The smallest absolute Gasteiger partial charge is 0.394 e. The normalized spacial score (nSPS) is 17.8. The number of alkyl halides is 4. The Morgan fingerprint density at radius 3 is 2.19 bits per heavy atom. The molecule has 0 unspecified atom stereocenters. The van der Waals surface area contributed by atoms with E-state index in [4.69, 9.17) is 9.84 Å². The third-order valence-corrected chi connectivity index (χ3v) is 2.95. The molecule has 0 fully saturated rings. The Kier molecular flexibility index (Phi) is 5.88. The Labute approximate surface area is 119 Å². The molecule has 0 amide bonds. The van der Waals surface area contributed by atoms with Crippen molar-refractivity contribution in [3.05, 3.63) is 48.6 Å². The molecule has 0 saturated carbocycles. The van der Waals surface area contributed by atoms with Crippen molar-refractivity contribution in [3.63, 3.8) is 0 Å². The molecule has 3 atom stereocenters. The molecule has 0 saturated heterocycles. The molecule has 0 bridgehead atoms.